The molecule has 0 aliphatic carbocycles. The van der Waals surface area contributed by atoms with E-state index in [4.69, 9.17) is 16.0 Å². The van der Waals surface area contributed by atoms with Crippen molar-refractivity contribution in [2.75, 3.05) is 11.9 Å². The molecular weight excluding hydrogens is 264 g/mol. The molecule has 1 aromatic heterocycles. The molecule has 2 aromatic rings. The topological polar surface area (TPSA) is 54.3 Å². The predicted octanol–water partition coefficient (Wildman–Crippen LogP) is 2.83. The minimum absolute atomic E-state index is 0.115. The summed E-state index contributed by atoms with van der Waals surface area (Å²) in [6.07, 6.45) is 2.31. The fourth-order valence-electron chi connectivity index (χ4n) is 2.29. The third kappa shape index (κ3) is 2.37. The molecule has 98 valence electrons. The Hall–Kier alpha value is -1.78. The van der Waals surface area contributed by atoms with E-state index >= 15 is 0 Å². The second-order valence-electron chi connectivity index (χ2n) is 4.43. The van der Waals surface area contributed by atoms with Crippen molar-refractivity contribution in [1.82, 2.24) is 5.32 Å². The number of nitrogens with one attached hydrogen (secondary N) is 2. The van der Waals surface area contributed by atoms with Gasteiger partial charge in [0.25, 0.3) is 5.91 Å². The van der Waals surface area contributed by atoms with Gasteiger partial charge in [0, 0.05) is 12.2 Å². The van der Waals surface area contributed by atoms with Crippen LogP contribution in [0.15, 0.2) is 34.9 Å². The third-order valence-corrected chi connectivity index (χ3v) is 3.54. The molecule has 5 heteroatoms. The first-order valence-electron chi connectivity index (χ1n) is 6.11. The summed E-state index contributed by atoms with van der Waals surface area (Å²) in [5.74, 6) is -0.245. The summed E-state index contributed by atoms with van der Waals surface area (Å²) in [5.41, 5.74) is 3.62. The van der Waals surface area contributed by atoms with Crippen molar-refractivity contribution in [2.45, 2.75) is 13.0 Å². The molecule has 19 heavy (non-hydrogen) atoms. The first kappa shape index (κ1) is 12.3. The van der Waals surface area contributed by atoms with Crippen molar-refractivity contribution in [1.29, 1.82) is 0 Å². The lowest BCUT2D eigenvalue weighted by molar-refractivity contribution is 0.102. The molecule has 0 fully saturated rings. The van der Waals surface area contributed by atoms with Gasteiger partial charge in [-0.2, -0.15) is 0 Å². The fraction of sp³-hybridized carbons (Fsp3) is 0.214. The van der Waals surface area contributed by atoms with E-state index < -0.39 is 0 Å². The highest BCUT2D eigenvalue weighted by Crippen LogP contribution is 2.25. The Morgan fingerprint density at radius 3 is 3.05 bits per heavy atom. The highest BCUT2D eigenvalue weighted by molar-refractivity contribution is 6.32. The number of rotatable bonds is 2. The molecule has 4 nitrogen and oxygen atoms in total. The third-order valence-electron chi connectivity index (χ3n) is 3.25. The maximum atomic E-state index is 12.1. The van der Waals surface area contributed by atoms with E-state index in [0.29, 0.717) is 5.56 Å². The zero-order valence-corrected chi connectivity index (χ0v) is 11.0. The fourth-order valence-corrected chi connectivity index (χ4v) is 2.49. The van der Waals surface area contributed by atoms with Crippen LogP contribution in [0.4, 0.5) is 5.69 Å². The van der Waals surface area contributed by atoms with E-state index in [1.165, 1.54) is 17.4 Å². The van der Waals surface area contributed by atoms with Crippen molar-refractivity contribution >= 4 is 23.2 Å². The molecule has 0 spiro atoms. The smallest absolute Gasteiger partial charge is 0.260 e. The van der Waals surface area contributed by atoms with Gasteiger partial charge >= 0.3 is 0 Å². The Kier molecular flexibility index (Phi) is 3.27. The van der Waals surface area contributed by atoms with Crippen molar-refractivity contribution in [3.63, 3.8) is 0 Å². The van der Waals surface area contributed by atoms with Crippen molar-refractivity contribution in [2.24, 2.45) is 0 Å². The summed E-state index contributed by atoms with van der Waals surface area (Å²) in [6, 6.07) is 7.49. The van der Waals surface area contributed by atoms with Crippen molar-refractivity contribution in [3.8, 4) is 0 Å². The van der Waals surface area contributed by atoms with Crippen molar-refractivity contribution < 1.29 is 9.21 Å². The van der Waals surface area contributed by atoms with Crippen LogP contribution in [0.2, 0.25) is 5.22 Å². The Bertz CT molecular complexity index is 622. The van der Waals surface area contributed by atoms with Gasteiger partial charge in [-0.3, -0.25) is 4.79 Å². The van der Waals surface area contributed by atoms with Gasteiger partial charge in [0.2, 0.25) is 5.22 Å². The summed E-state index contributed by atoms with van der Waals surface area (Å²) in [4.78, 5) is 12.1. The minimum Gasteiger partial charge on any atom is -0.452 e. The Balaban J connectivity index is 1.88. The summed E-state index contributed by atoms with van der Waals surface area (Å²) < 4.78 is 4.93. The molecule has 2 N–H and O–H groups in total. The molecule has 0 atom stereocenters. The lowest BCUT2D eigenvalue weighted by Crippen LogP contribution is -2.25. The van der Waals surface area contributed by atoms with Gasteiger partial charge in [-0.1, -0.05) is 12.1 Å². The van der Waals surface area contributed by atoms with Gasteiger partial charge in [0.15, 0.2) is 0 Å². The van der Waals surface area contributed by atoms with Crippen LogP contribution >= 0.6 is 11.6 Å². The van der Waals surface area contributed by atoms with Crippen LogP contribution in [0.3, 0.4) is 0 Å². The molecule has 1 aromatic carbocycles. The first-order valence-corrected chi connectivity index (χ1v) is 6.49. The molecule has 0 bridgehead atoms. The van der Waals surface area contributed by atoms with Crippen LogP contribution in [-0.4, -0.2) is 12.5 Å². The molecule has 0 saturated carbocycles. The lowest BCUT2D eigenvalue weighted by Gasteiger charge is -2.20. The molecule has 0 radical (unpaired) electrons. The van der Waals surface area contributed by atoms with Gasteiger partial charge in [-0.05, 0) is 47.8 Å². The SMILES string of the molecule is O=C(Nc1cccc2c1CCNC2)c1ccoc1Cl. The number of carbonyl (C=O) groups is 1. The molecular formula is C14H13ClN2O2. The van der Waals surface area contributed by atoms with Crippen LogP contribution in [0.25, 0.3) is 0 Å². The number of halogens is 1. The maximum Gasteiger partial charge on any atom is 0.260 e. The Morgan fingerprint density at radius 2 is 2.26 bits per heavy atom. The van der Waals surface area contributed by atoms with E-state index in [9.17, 15) is 4.79 Å². The first-order chi connectivity index (χ1) is 9.25. The molecule has 2 heterocycles. The number of benzene rings is 1. The number of fused-ring (bicyclic) bond motifs is 1. The largest absolute Gasteiger partial charge is 0.452 e. The van der Waals surface area contributed by atoms with Crippen LogP contribution in [-0.2, 0) is 13.0 Å². The van der Waals surface area contributed by atoms with E-state index in [2.05, 4.69) is 16.7 Å². The second-order valence-corrected chi connectivity index (χ2v) is 4.78. The summed E-state index contributed by atoms with van der Waals surface area (Å²) in [6.45, 7) is 1.76. The maximum absolute atomic E-state index is 12.1. The number of furan rings is 1. The highest BCUT2D eigenvalue weighted by atomic mass is 35.5. The zero-order valence-electron chi connectivity index (χ0n) is 10.2. The summed E-state index contributed by atoms with van der Waals surface area (Å²) in [7, 11) is 0. The predicted molar refractivity (Wildman–Crippen MR) is 73.5 cm³/mol. The van der Waals surface area contributed by atoms with Crippen LogP contribution < -0.4 is 10.6 Å². The van der Waals surface area contributed by atoms with Gasteiger partial charge in [0.1, 0.15) is 0 Å². The van der Waals surface area contributed by atoms with Crippen molar-refractivity contribution in [3.05, 3.63) is 52.4 Å². The molecule has 1 aliphatic rings. The number of hydrogen-bond acceptors (Lipinski definition) is 3. The quantitative estimate of drug-likeness (QED) is 0.887. The van der Waals surface area contributed by atoms with E-state index in [1.807, 2.05) is 12.1 Å². The number of amides is 1. The van der Waals surface area contributed by atoms with Gasteiger partial charge in [-0.25, -0.2) is 0 Å². The standard InChI is InChI=1S/C14H13ClN2O2/c15-13-11(5-7-19-13)14(18)17-12-3-1-2-9-8-16-6-4-10(9)12/h1-3,5,7,16H,4,6,8H2,(H,17,18). The second kappa shape index (κ2) is 5.07. The number of hydrogen-bond donors (Lipinski definition) is 2. The zero-order chi connectivity index (χ0) is 13.2. The number of anilines is 1. The number of carbonyl (C=O) groups excluding carboxylic acids is 1. The van der Waals surface area contributed by atoms with Gasteiger partial charge in [-0.15, -0.1) is 0 Å². The lowest BCUT2D eigenvalue weighted by atomic mass is 9.99. The average Bonchev–Trinajstić information content (AvgIpc) is 2.85. The summed E-state index contributed by atoms with van der Waals surface area (Å²) in [5, 5.41) is 6.33. The monoisotopic (exact) mass is 276 g/mol. The Labute approximate surface area is 115 Å². The highest BCUT2D eigenvalue weighted by Gasteiger charge is 2.17. The van der Waals surface area contributed by atoms with Crippen LogP contribution in [0.1, 0.15) is 21.5 Å². The summed E-state index contributed by atoms with van der Waals surface area (Å²) >= 11 is 5.81. The normalized spacial score (nSPS) is 13.9. The van der Waals surface area contributed by atoms with E-state index in [1.54, 1.807) is 6.07 Å². The van der Waals surface area contributed by atoms with Crippen LogP contribution in [0.5, 0.6) is 0 Å². The van der Waals surface area contributed by atoms with Gasteiger partial charge in [0.05, 0.1) is 11.8 Å². The Morgan fingerprint density at radius 1 is 1.37 bits per heavy atom. The van der Waals surface area contributed by atoms with E-state index in [-0.39, 0.29) is 11.1 Å². The average molecular weight is 277 g/mol. The molecule has 3 rings (SSSR count). The molecule has 0 saturated heterocycles. The van der Waals surface area contributed by atoms with Gasteiger partial charge < -0.3 is 15.1 Å². The molecule has 1 aliphatic heterocycles. The van der Waals surface area contributed by atoms with Crippen LogP contribution in [0, 0.1) is 0 Å². The molecule has 0 unspecified atom stereocenters. The molecule has 1 amide bonds. The van der Waals surface area contributed by atoms with E-state index in [0.717, 1.165) is 25.2 Å². The minimum atomic E-state index is -0.245.